The summed E-state index contributed by atoms with van der Waals surface area (Å²) in [4.78, 5) is 31.5. The molecule has 11 nitrogen and oxygen atoms in total. The zero-order valence-electron chi connectivity index (χ0n) is 14.0. The number of fused-ring (bicyclic) bond motifs is 8. The largest absolute Gasteiger partial charge is 0.325 e. The molecular weight excluding hydrogens is 382 g/mol. The van der Waals surface area contributed by atoms with Gasteiger partial charge in [0.25, 0.3) is 0 Å². The second kappa shape index (κ2) is 5.87. The number of nitrogens with two attached hydrogens (primary N) is 1. The van der Waals surface area contributed by atoms with Crippen LogP contribution in [0.3, 0.4) is 0 Å². The fourth-order valence-electron chi connectivity index (χ4n) is 2.69. The molecule has 0 saturated heterocycles. The molecule has 3 aromatic rings. The van der Waals surface area contributed by atoms with Gasteiger partial charge in [0.2, 0.25) is 10.0 Å². The molecular formula is C16H11N9O2S. The summed E-state index contributed by atoms with van der Waals surface area (Å²) in [5, 5.41) is 5.30. The normalized spacial score (nSPS) is 13.2. The molecule has 2 aliphatic heterocycles. The average molecular weight is 393 g/mol. The predicted molar refractivity (Wildman–Crippen MR) is 101 cm³/mol. The van der Waals surface area contributed by atoms with E-state index in [-0.39, 0.29) is 22.0 Å². The number of hydrogen-bond acceptors (Lipinski definition) is 8. The number of sulfonamides is 1. The van der Waals surface area contributed by atoms with Crippen molar-refractivity contribution in [1.82, 2.24) is 39.9 Å². The second-order valence-corrected chi connectivity index (χ2v) is 7.44. The van der Waals surface area contributed by atoms with Crippen molar-refractivity contribution in [3.8, 4) is 0 Å². The third-order valence-electron chi connectivity index (χ3n) is 3.86. The van der Waals surface area contributed by atoms with E-state index < -0.39 is 10.0 Å². The highest BCUT2D eigenvalue weighted by molar-refractivity contribution is 7.89. The Bertz CT molecular complexity index is 1450. The Morgan fingerprint density at radius 2 is 1.18 bits per heavy atom. The number of H-pyrrole nitrogens is 2. The number of aromatic amines is 2. The van der Waals surface area contributed by atoms with Crippen molar-refractivity contribution in [2.75, 3.05) is 0 Å². The highest BCUT2D eigenvalue weighted by Crippen LogP contribution is 2.17. The van der Waals surface area contributed by atoms with Crippen LogP contribution >= 0.6 is 0 Å². The maximum atomic E-state index is 11.9. The molecule has 0 aromatic carbocycles. The van der Waals surface area contributed by atoms with E-state index in [1.807, 2.05) is 0 Å². The van der Waals surface area contributed by atoms with Crippen molar-refractivity contribution < 1.29 is 8.42 Å². The van der Waals surface area contributed by atoms with Gasteiger partial charge in [-0.3, -0.25) is 0 Å². The van der Waals surface area contributed by atoms with Crippen LogP contribution in [0.15, 0.2) is 23.1 Å². The molecule has 8 bridgehead atoms. The van der Waals surface area contributed by atoms with Gasteiger partial charge in [-0.1, -0.05) is 0 Å². The first-order valence-electron chi connectivity index (χ1n) is 8.02. The number of aromatic nitrogens is 8. The number of nitrogens with zero attached hydrogens (tertiary/aromatic N) is 6. The van der Waals surface area contributed by atoms with E-state index in [2.05, 4.69) is 39.9 Å². The highest BCUT2D eigenvalue weighted by atomic mass is 32.2. The molecule has 12 heteroatoms. The van der Waals surface area contributed by atoms with Crippen LogP contribution in [0.5, 0.6) is 0 Å². The van der Waals surface area contributed by atoms with Crippen LogP contribution in [0.1, 0.15) is 23.3 Å². The molecule has 0 atom stereocenters. The van der Waals surface area contributed by atoms with Crippen LogP contribution in [0, 0.1) is 0 Å². The van der Waals surface area contributed by atoms with Gasteiger partial charge in [-0.15, -0.1) is 0 Å². The predicted octanol–water partition coefficient (Wildman–Crippen LogP) is 0.883. The van der Waals surface area contributed by atoms with Crippen LogP contribution < -0.4 is 5.14 Å². The molecule has 3 aromatic heterocycles. The summed E-state index contributed by atoms with van der Waals surface area (Å²) in [6.45, 7) is 0. The summed E-state index contributed by atoms with van der Waals surface area (Å²) in [6, 6.07) is 4.82. The minimum absolute atomic E-state index is 0.0246. The van der Waals surface area contributed by atoms with Crippen LogP contribution in [0.25, 0.3) is 46.9 Å². The summed E-state index contributed by atoms with van der Waals surface area (Å²) in [5.41, 5.74) is 1.39. The number of nitrogens with one attached hydrogen (secondary N) is 2. The number of hydrogen-bond donors (Lipinski definition) is 3. The van der Waals surface area contributed by atoms with E-state index in [9.17, 15) is 8.42 Å². The quantitative estimate of drug-likeness (QED) is 0.377. The number of rotatable bonds is 1. The van der Waals surface area contributed by atoms with E-state index in [4.69, 9.17) is 5.14 Å². The lowest BCUT2D eigenvalue weighted by Crippen LogP contribution is -2.11. The van der Waals surface area contributed by atoms with Crippen molar-refractivity contribution >= 4 is 56.9 Å². The van der Waals surface area contributed by atoms with Gasteiger partial charge < -0.3 is 9.97 Å². The molecule has 0 spiro atoms. The molecule has 0 saturated carbocycles. The van der Waals surface area contributed by atoms with Crippen molar-refractivity contribution in [3.63, 3.8) is 0 Å². The highest BCUT2D eigenvalue weighted by Gasteiger charge is 2.15. The third kappa shape index (κ3) is 3.06. The molecule has 0 fully saturated rings. The Morgan fingerprint density at radius 3 is 1.71 bits per heavy atom. The van der Waals surface area contributed by atoms with Gasteiger partial charge in [0, 0.05) is 6.07 Å². The van der Waals surface area contributed by atoms with Crippen molar-refractivity contribution in [2.24, 2.45) is 5.14 Å². The zero-order valence-corrected chi connectivity index (χ0v) is 14.8. The van der Waals surface area contributed by atoms with Gasteiger partial charge in [-0.25, -0.2) is 43.5 Å². The first kappa shape index (κ1) is 16.4. The fourth-order valence-corrected chi connectivity index (χ4v) is 3.33. The van der Waals surface area contributed by atoms with Gasteiger partial charge in [-0.05, 0) is 36.4 Å². The van der Waals surface area contributed by atoms with E-state index in [1.165, 1.54) is 6.07 Å². The average Bonchev–Trinajstić information content (AvgIpc) is 3.38. The summed E-state index contributed by atoms with van der Waals surface area (Å²) in [5.74, 6) is 1.47. The molecule has 28 heavy (non-hydrogen) atoms. The fraction of sp³-hybridized carbons (Fsp3) is 0. The Labute approximate surface area is 157 Å². The Morgan fingerprint density at radius 1 is 0.679 bits per heavy atom. The summed E-state index contributed by atoms with van der Waals surface area (Å²) in [7, 11) is -4.03. The minimum Gasteiger partial charge on any atom is -0.325 e. The Balaban J connectivity index is 1.89. The lowest BCUT2D eigenvalue weighted by atomic mass is 10.5. The second-order valence-electron chi connectivity index (χ2n) is 5.91. The Kier molecular flexibility index (Phi) is 3.44. The van der Waals surface area contributed by atoms with E-state index in [1.54, 1.807) is 36.4 Å². The first-order chi connectivity index (χ1) is 13.4. The minimum atomic E-state index is -4.03. The van der Waals surface area contributed by atoms with Gasteiger partial charge in [0.1, 0.15) is 21.8 Å². The summed E-state index contributed by atoms with van der Waals surface area (Å²) < 4.78 is 23.9. The lowest BCUT2D eigenvalue weighted by molar-refractivity contribution is 0.598. The standard InChI is InChI=1S/C16H11N9O2S/c17-28(26,27)8-7-15-23-13-4-3-11(21-13)19-9-1-2-10(18-9)20-12-5-6-14(22-12)24-16(8)25-15/h1-7H,(H2,17,26,27)(H2,18,19,20,21,22,23,24,25). The molecule has 0 radical (unpaired) electrons. The molecule has 0 unspecified atom stereocenters. The maximum Gasteiger partial charge on any atom is 0.241 e. The van der Waals surface area contributed by atoms with Crippen LogP contribution in [0.4, 0.5) is 0 Å². The van der Waals surface area contributed by atoms with Crippen molar-refractivity contribution in [2.45, 2.75) is 4.90 Å². The third-order valence-corrected chi connectivity index (χ3v) is 4.79. The molecule has 0 amide bonds. The topological polar surface area (TPSA) is 169 Å². The van der Waals surface area contributed by atoms with Gasteiger partial charge in [0.15, 0.2) is 28.9 Å². The molecule has 5 heterocycles. The molecule has 2 aliphatic rings. The smallest absolute Gasteiger partial charge is 0.241 e. The molecule has 138 valence electrons. The Hall–Kier alpha value is -3.77. The molecule has 5 rings (SSSR count). The van der Waals surface area contributed by atoms with Crippen molar-refractivity contribution in [1.29, 1.82) is 0 Å². The van der Waals surface area contributed by atoms with E-state index in [0.717, 1.165) is 0 Å². The first-order valence-corrected chi connectivity index (χ1v) is 9.56. The van der Waals surface area contributed by atoms with Gasteiger partial charge >= 0.3 is 0 Å². The number of primary sulfonamides is 1. The van der Waals surface area contributed by atoms with Crippen molar-refractivity contribution in [3.05, 3.63) is 41.5 Å². The lowest BCUT2D eigenvalue weighted by Gasteiger charge is -1.91. The summed E-state index contributed by atoms with van der Waals surface area (Å²) >= 11 is 0. The zero-order chi connectivity index (χ0) is 19.3. The van der Waals surface area contributed by atoms with Crippen LogP contribution in [0.2, 0.25) is 0 Å². The SMILES string of the molecule is NS(=O)(=O)c1cc2nc3nc(nc4ccc(nc5nc(nc1[nH]2)C=C5)[nH]4)C=C3. The van der Waals surface area contributed by atoms with Gasteiger partial charge in [0.05, 0.1) is 0 Å². The van der Waals surface area contributed by atoms with Gasteiger partial charge in [-0.2, -0.15) is 0 Å². The maximum absolute atomic E-state index is 11.9. The molecule has 0 aliphatic carbocycles. The monoisotopic (exact) mass is 393 g/mol. The van der Waals surface area contributed by atoms with E-state index >= 15 is 0 Å². The van der Waals surface area contributed by atoms with Crippen LogP contribution in [-0.2, 0) is 10.0 Å². The van der Waals surface area contributed by atoms with Crippen LogP contribution in [-0.4, -0.2) is 48.3 Å². The van der Waals surface area contributed by atoms with E-state index in [0.29, 0.717) is 28.8 Å². The summed E-state index contributed by atoms with van der Waals surface area (Å²) in [6.07, 6.45) is 6.61. The molecule has 4 N–H and O–H groups in total.